The second kappa shape index (κ2) is 12.0. The average Bonchev–Trinajstić information content (AvgIpc) is 2.71. The van der Waals surface area contributed by atoms with Crippen LogP contribution in [0.5, 0.6) is 5.75 Å². The number of rotatable bonds is 10. The van der Waals surface area contributed by atoms with E-state index in [1.165, 1.54) is 31.1 Å². The van der Waals surface area contributed by atoms with Crippen molar-refractivity contribution < 1.29 is 13.2 Å². The highest BCUT2D eigenvalue weighted by molar-refractivity contribution is 7.90. The minimum absolute atomic E-state index is 0.182. The van der Waals surface area contributed by atoms with Gasteiger partial charge in [-0.25, -0.2) is 8.42 Å². The molecule has 1 aromatic carbocycles. The molecule has 0 bridgehead atoms. The summed E-state index contributed by atoms with van der Waals surface area (Å²) in [5.41, 5.74) is 1.24. The van der Waals surface area contributed by atoms with Crippen molar-refractivity contribution in [1.82, 2.24) is 15.5 Å². The monoisotopic (exact) mass is 424 g/mol. The van der Waals surface area contributed by atoms with Gasteiger partial charge in [0.1, 0.15) is 15.6 Å². The summed E-state index contributed by atoms with van der Waals surface area (Å²) in [6.45, 7) is 6.19. The molecule has 0 amide bonds. The van der Waals surface area contributed by atoms with E-state index in [2.05, 4.69) is 27.7 Å². The number of benzene rings is 1. The molecule has 1 fully saturated rings. The molecular formula is C21H36N4O3S. The predicted octanol–water partition coefficient (Wildman–Crippen LogP) is 2.21. The van der Waals surface area contributed by atoms with Crippen molar-refractivity contribution >= 4 is 15.8 Å². The van der Waals surface area contributed by atoms with Gasteiger partial charge in [0.25, 0.3) is 0 Å². The Hall–Kier alpha value is -1.80. The van der Waals surface area contributed by atoms with Crippen LogP contribution in [0.4, 0.5) is 0 Å². The van der Waals surface area contributed by atoms with Gasteiger partial charge >= 0.3 is 0 Å². The fourth-order valence-corrected chi connectivity index (χ4v) is 4.22. The quantitative estimate of drug-likeness (QED) is 0.340. The minimum Gasteiger partial charge on any atom is -0.497 e. The van der Waals surface area contributed by atoms with E-state index >= 15 is 0 Å². The third-order valence-electron chi connectivity index (χ3n) is 5.08. The second-order valence-electron chi connectivity index (χ2n) is 7.52. The summed E-state index contributed by atoms with van der Waals surface area (Å²) in [6.07, 6.45) is 5.57. The van der Waals surface area contributed by atoms with Gasteiger partial charge < -0.3 is 15.4 Å². The van der Waals surface area contributed by atoms with Gasteiger partial charge in [-0.15, -0.1) is 0 Å². The van der Waals surface area contributed by atoms with Crippen LogP contribution in [-0.4, -0.2) is 71.1 Å². The standard InChI is InChI=1S/C21H36N4O3S/c1-4-22-21(23-13-8-16-29(3,26)27)24-17-20(25-14-6-5-7-15-25)18-9-11-19(28-2)12-10-18/h9-12,20H,4-8,13-17H2,1-3H3,(H2,22,23,24). The lowest BCUT2D eigenvalue weighted by Crippen LogP contribution is -2.40. The molecule has 1 aliphatic heterocycles. The first-order valence-electron chi connectivity index (χ1n) is 10.5. The molecule has 0 aliphatic carbocycles. The van der Waals surface area contributed by atoms with Crippen molar-refractivity contribution in [3.05, 3.63) is 29.8 Å². The first kappa shape index (κ1) is 23.5. The zero-order chi connectivity index (χ0) is 21.1. The third-order valence-corrected chi connectivity index (χ3v) is 6.11. The molecule has 0 radical (unpaired) electrons. The van der Waals surface area contributed by atoms with E-state index in [0.29, 0.717) is 19.5 Å². The Labute approximate surface area is 175 Å². The van der Waals surface area contributed by atoms with Crippen molar-refractivity contribution in [3.8, 4) is 5.75 Å². The van der Waals surface area contributed by atoms with Gasteiger partial charge in [0.15, 0.2) is 5.96 Å². The fourth-order valence-electron chi connectivity index (χ4n) is 3.55. The summed E-state index contributed by atoms with van der Waals surface area (Å²) < 4.78 is 27.9. The van der Waals surface area contributed by atoms with Crippen LogP contribution in [0.25, 0.3) is 0 Å². The Balaban J connectivity index is 2.07. The largest absolute Gasteiger partial charge is 0.497 e. The van der Waals surface area contributed by atoms with Crippen molar-refractivity contribution in [2.75, 3.05) is 51.8 Å². The van der Waals surface area contributed by atoms with Gasteiger partial charge in [0, 0.05) is 19.3 Å². The summed E-state index contributed by atoms with van der Waals surface area (Å²) in [4.78, 5) is 7.33. The summed E-state index contributed by atoms with van der Waals surface area (Å²) in [7, 11) is -1.25. The highest BCUT2D eigenvalue weighted by Gasteiger charge is 2.22. The van der Waals surface area contributed by atoms with E-state index in [1.807, 2.05) is 19.1 Å². The van der Waals surface area contributed by atoms with E-state index < -0.39 is 9.84 Å². The normalized spacial score (nSPS) is 17.0. The van der Waals surface area contributed by atoms with Crippen molar-refractivity contribution in [2.45, 2.75) is 38.6 Å². The molecule has 8 heteroatoms. The number of hydrogen-bond donors (Lipinski definition) is 2. The number of nitrogens with zero attached hydrogens (tertiary/aromatic N) is 2. The molecule has 0 spiro atoms. The number of sulfone groups is 1. The number of aliphatic imine (C=N–C) groups is 1. The first-order chi connectivity index (χ1) is 13.9. The number of likely N-dealkylation sites (tertiary alicyclic amines) is 1. The number of nitrogens with one attached hydrogen (secondary N) is 2. The molecule has 1 aliphatic rings. The molecule has 0 saturated carbocycles. The van der Waals surface area contributed by atoms with Crippen LogP contribution in [0.2, 0.25) is 0 Å². The molecule has 29 heavy (non-hydrogen) atoms. The van der Waals surface area contributed by atoms with Gasteiger partial charge in [-0.2, -0.15) is 0 Å². The van der Waals surface area contributed by atoms with E-state index in [4.69, 9.17) is 9.73 Å². The molecule has 1 unspecified atom stereocenters. The summed E-state index contributed by atoms with van der Waals surface area (Å²) in [6, 6.07) is 8.47. The molecule has 2 N–H and O–H groups in total. The van der Waals surface area contributed by atoms with Crippen LogP contribution in [0.1, 0.15) is 44.2 Å². The van der Waals surface area contributed by atoms with E-state index in [1.54, 1.807) is 7.11 Å². The van der Waals surface area contributed by atoms with E-state index in [-0.39, 0.29) is 11.8 Å². The number of ether oxygens (including phenoxy) is 1. The minimum atomic E-state index is -2.93. The Morgan fingerprint density at radius 2 is 1.86 bits per heavy atom. The molecule has 1 heterocycles. The van der Waals surface area contributed by atoms with Crippen molar-refractivity contribution in [1.29, 1.82) is 0 Å². The number of guanidine groups is 1. The van der Waals surface area contributed by atoms with Gasteiger partial charge in [-0.1, -0.05) is 18.6 Å². The highest BCUT2D eigenvalue weighted by atomic mass is 32.2. The third kappa shape index (κ3) is 8.62. The Bertz CT molecular complexity index is 729. The zero-order valence-corrected chi connectivity index (χ0v) is 18.8. The summed E-state index contributed by atoms with van der Waals surface area (Å²) in [5, 5.41) is 6.52. The Kier molecular flexibility index (Phi) is 9.73. The molecule has 7 nitrogen and oxygen atoms in total. The maximum Gasteiger partial charge on any atom is 0.191 e. The van der Waals surface area contributed by atoms with Gasteiger partial charge in [0.2, 0.25) is 0 Å². The number of piperidine rings is 1. The lowest BCUT2D eigenvalue weighted by molar-refractivity contribution is 0.167. The van der Waals surface area contributed by atoms with Gasteiger partial charge in [0.05, 0.1) is 25.4 Å². The van der Waals surface area contributed by atoms with E-state index in [0.717, 1.165) is 31.3 Å². The fraction of sp³-hybridized carbons (Fsp3) is 0.667. The number of hydrogen-bond acceptors (Lipinski definition) is 5. The predicted molar refractivity (Wildman–Crippen MR) is 119 cm³/mol. The maximum atomic E-state index is 11.3. The Morgan fingerprint density at radius 1 is 1.17 bits per heavy atom. The second-order valence-corrected chi connectivity index (χ2v) is 9.78. The molecule has 2 rings (SSSR count). The highest BCUT2D eigenvalue weighted by Crippen LogP contribution is 2.26. The van der Waals surface area contributed by atoms with Gasteiger partial charge in [-0.3, -0.25) is 9.89 Å². The van der Waals surface area contributed by atoms with Crippen molar-refractivity contribution in [2.24, 2.45) is 4.99 Å². The SMILES string of the molecule is CCNC(=NCC(c1ccc(OC)cc1)N1CCCCC1)NCCCS(C)(=O)=O. The smallest absolute Gasteiger partial charge is 0.191 e. The van der Waals surface area contributed by atoms with E-state index in [9.17, 15) is 8.42 Å². The molecule has 1 atom stereocenters. The summed E-state index contributed by atoms with van der Waals surface area (Å²) in [5.74, 6) is 1.77. The molecule has 1 aromatic rings. The van der Waals surface area contributed by atoms with Crippen LogP contribution < -0.4 is 15.4 Å². The molecule has 164 valence electrons. The van der Waals surface area contributed by atoms with Crippen LogP contribution >= 0.6 is 0 Å². The maximum absolute atomic E-state index is 11.3. The number of methoxy groups -OCH3 is 1. The molecular weight excluding hydrogens is 388 g/mol. The lowest BCUT2D eigenvalue weighted by atomic mass is 10.0. The van der Waals surface area contributed by atoms with Crippen LogP contribution in [0, 0.1) is 0 Å². The Morgan fingerprint density at radius 3 is 2.45 bits per heavy atom. The summed E-state index contributed by atoms with van der Waals surface area (Å²) >= 11 is 0. The lowest BCUT2D eigenvalue weighted by Gasteiger charge is -2.34. The van der Waals surface area contributed by atoms with Crippen LogP contribution in [0.3, 0.4) is 0 Å². The topological polar surface area (TPSA) is 83.0 Å². The van der Waals surface area contributed by atoms with Gasteiger partial charge in [-0.05, 0) is 57.0 Å². The van der Waals surface area contributed by atoms with Crippen molar-refractivity contribution in [3.63, 3.8) is 0 Å². The van der Waals surface area contributed by atoms with Crippen LogP contribution in [0.15, 0.2) is 29.3 Å². The zero-order valence-electron chi connectivity index (χ0n) is 18.0. The average molecular weight is 425 g/mol. The first-order valence-corrected chi connectivity index (χ1v) is 12.6. The molecule has 0 aromatic heterocycles. The molecule has 1 saturated heterocycles. The van der Waals surface area contributed by atoms with Crippen LogP contribution in [-0.2, 0) is 9.84 Å².